The Morgan fingerprint density at radius 1 is 0.706 bits per heavy atom. The van der Waals surface area contributed by atoms with Crippen molar-refractivity contribution in [3.63, 3.8) is 0 Å². The van der Waals surface area contributed by atoms with Crippen molar-refractivity contribution in [2.75, 3.05) is 27.3 Å². The monoisotopic (exact) mass is 458 g/mol. The van der Waals surface area contributed by atoms with Crippen molar-refractivity contribution >= 4 is 21.5 Å². The second kappa shape index (κ2) is 9.24. The quantitative estimate of drug-likeness (QED) is 0.432. The number of aliphatic hydroxyl groups excluding tert-OH is 1. The number of ether oxygens (including phenoxy) is 2. The molecule has 1 heterocycles. The van der Waals surface area contributed by atoms with Crippen molar-refractivity contribution in [3.05, 3.63) is 83.9 Å². The molecule has 34 heavy (non-hydrogen) atoms. The molecule has 0 radical (unpaired) electrons. The summed E-state index contributed by atoms with van der Waals surface area (Å²) in [7, 11) is 3.33. The number of piperazine rings is 1. The molecule has 0 spiro atoms. The van der Waals surface area contributed by atoms with Crippen molar-refractivity contribution in [2.24, 2.45) is 0 Å². The van der Waals surface area contributed by atoms with E-state index in [-0.39, 0.29) is 12.1 Å². The molecule has 3 atom stereocenters. The van der Waals surface area contributed by atoms with Crippen LogP contribution in [-0.4, -0.2) is 53.8 Å². The molecule has 5 rings (SSSR count). The third kappa shape index (κ3) is 4.21. The maximum atomic E-state index is 10.9. The van der Waals surface area contributed by atoms with Gasteiger partial charge in [0.25, 0.3) is 0 Å². The number of hydrogen-bond acceptors (Lipinski definition) is 6. The Hall–Kier alpha value is -3.16. The maximum absolute atomic E-state index is 10.9. The number of hydroxylamine groups is 2. The second-order valence-electron chi connectivity index (χ2n) is 8.93. The number of fused-ring (bicyclic) bond motifs is 2. The van der Waals surface area contributed by atoms with E-state index >= 15 is 0 Å². The molecule has 1 aliphatic heterocycles. The average Bonchev–Trinajstić information content (AvgIpc) is 2.86. The van der Waals surface area contributed by atoms with Gasteiger partial charge in [-0.3, -0.25) is 4.90 Å². The van der Waals surface area contributed by atoms with E-state index in [0.717, 1.165) is 44.2 Å². The summed E-state index contributed by atoms with van der Waals surface area (Å²) in [6.07, 6.45) is -0.693. The number of nitrogens with zero attached hydrogens (tertiary/aromatic N) is 2. The molecule has 176 valence electrons. The summed E-state index contributed by atoms with van der Waals surface area (Å²) in [4.78, 5) is 2.10. The van der Waals surface area contributed by atoms with Crippen LogP contribution >= 0.6 is 0 Å². The van der Waals surface area contributed by atoms with Gasteiger partial charge in [0.1, 0.15) is 17.7 Å². The zero-order valence-corrected chi connectivity index (χ0v) is 19.7. The zero-order chi connectivity index (χ0) is 23.8. The Bertz CT molecular complexity index is 1230. The van der Waals surface area contributed by atoms with Gasteiger partial charge in [0.2, 0.25) is 0 Å². The first-order chi connectivity index (χ1) is 16.5. The average molecular weight is 459 g/mol. The minimum absolute atomic E-state index is 0.179. The van der Waals surface area contributed by atoms with Gasteiger partial charge in [-0.1, -0.05) is 36.4 Å². The third-order valence-corrected chi connectivity index (χ3v) is 6.83. The highest BCUT2D eigenvalue weighted by molar-refractivity contribution is 5.85. The molecule has 6 nitrogen and oxygen atoms in total. The van der Waals surface area contributed by atoms with Gasteiger partial charge in [0.15, 0.2) is 0 Å². The second-order valence-corrected chi connectivity index (χ2v) is 8.93. The van der Waals surface area contributed by atoms with Crippen LogP contribution in [0.5, 0.6) is 11.5 Å². The highest BCUT2D eigenvalue weighted by Gasteiger charge is 2.38. The van der Waals surface area contributed by atoms with E-state index in [2.05, 4.69) is 41.3 Å². The van der Waals surface area contributed by atoms with Gasteiger partial charge in [0, 0.05) is 13.1 Å². The Morgan fingerprint density at radius 3 is 1.53 bits per heavy atom. The Balaban J connectivity index is 1.54. The van der Waals surface area contributed by atoms with Crippen LogP contribution in [-0.2, 0) is 0 Å². The van der Waals surface area contributed by atoms with Gasteiger partial charge in [-0.05, 0) is 76.0 Å². The van der Waals surface area contributed by atoms with Crippen LogP contribution in [0.2, 0.25) is 0 Å². The molecule has 0 aromatic heterocycles. The first-order valence-corrected chi connectivity index (χ1v) is 11.5. The molecule has 0 bridgehead atoms. The molecular weight excluding hydrogens is 428 g/mol. The van der Waals surface area contributed by atoms with Crippen LogP contribution in [0.3, 0.4) is 0 Å². The third-order valence-electron chi connectivity index (χ3n) is 6.83. The lowest BCUT2D eigenvalue weighted by molar-refractivity contribution is -0.182. The summed E-state index contributed by atoms with van der Waals surface area (Å²) in [6.45, 7) is 2.62. The summed E-state index contributed by atoms with van der Waals surface area (Å²) in [6, 6.07) is 24.2. The van der Waals surface area contributed by atoms with Gasteiger partial charge in [-0.15, -0.1) is 0 Å². The van der Waals surface area contributed by atoms with E-state index in [1.54, 1.807) is 21.1 Å². The topological polar surface area (TPSA) is 65.4 Å². The maximum Gasteiger partial charge on any atom is 0.119 e. The SMILES string of the molecule is COc1ccc2cc(C3CN(O)CC(c4ccc5cc(OC)ccc5c4)N3C(C)O)ccc2c1. The molecular formula is C28H30N2O4. The Labute approximate surface area is 199 Å². The fourth-order valence-corrected chi connectivity index (χ4v) is 5.11. The van der Waals surface area contributed by atoms with E-state index in [1.165, 1.54) is 5.06 Å². The number of benzene rings is 4. The summed E-state index contributed by atoms with van der Waals surface area (Å²) in [5.41, 5.74) is 2.10. The minimum atomic E-state index is -0.693. The lowest BCUT2D eigenvalue weighted by Crippen LogP contribution is -2.52. The van der Waals surface area contributed by atoms with Crippen LogP contribution in [0, 0.1) is 0 Å². The molecule has 6 heteroatoms. The fraction of sp³-hybridized carbons (Fsp3) is 0.286. The van der Waals surface area contributed by atoms with Crippen molar-refractivity contribution in [1.82, 2.24) is 9.96 Å². The van der Waals surface area contributed by atoms with Crippen molar-refractivity contribution in [2.45, 2.75) is 25.2 Å². The minimum Gasteiger partial charge on any atom is -0.497 e. The molecule has 0 saturated carbocycles. The van der Waals surface area contributed by atoms with E-state index in [0.29, 0.717) is 13.1 Å². The predicted molar refractivity (Wildman–Crippen MR) is 133 cm³/mol. The van der Waals surface area contributed by atoms with Gasteiger partial charge >= 0.3 is 0 Å². The van der Waals surface area contributed by atoms with Gasteiger partial charge in [-0.25, -0.2) is 0 Å². The smallest absolute Gasteiger partial charge is 0.119 e. The summed E-state index contributed by atoms with van der Waals surface area (Å²) in [5.74, 6) is 1.64. The number of aliphatic hydroxyl groups is 1. The summed E-state index contributed by atoms with van der Waals surface area (Å²) in [5, 5.41) is 27.3. The molecule has 0 amide bonds. The summed E-state index contributed by atoms with van der Waals surface area (Å²) >= 11 is 0. The van der Waals surface area contributed by atoms with E-state index < -0.39 is 6.23 Å². The summed E-state index contributed by atoms with van der Waals surface area (Å²) < 4.78 is 10.7. The molecule has 4 aromatic rings. The first kappa shape index (κ1) is 22.6. The molecule has 1 aliphatic rings. The van der Waals surface area contributed by atoms with Crippen molar-refractivity contribution in [1.29, 1.82) is 0 Å². The van der Waals surface area contributed by atoms with E-state index in [9.17, 15) is 10.3 Å². The molecule has 3 unspecified atom stereocenters. The molecule has 0 aliphatic carbocycles. The van der Waals surface area contributed by atoms with Crippen LogP contribution in [0.4, 0.5) is 0 Å². The normalized spacial score (nSPS) is 20.5. The number of hydrogen-bond donors (Lipinski definition) is 2. The molecule has 4 aromatic carbocycles. The van der Waals surface area contributed by atoms with Crippen molar-refractivity contribution < 1.29 is 19.8 Å². The van der Waals surface area contributed by atoms with Crippen molar-refractivity contribution in [3.8, 4) is 11.5 Å². The largest absolute Gasteiger partial charge is 0.497 e. The molecule has 1 saturated heterocycles. The number of rotatable bonds is 5. The van der Waals surface area contributed by atoms with Gasteiger partial charge in [0.05, 0.1) is 26.3 Å². The molecule has 2 N–H and O–H groups in total. The van der Waals surface area contributed by atoms with Gasteiger partial charge in [-0.2, -0.15) is 5.06 Å². The highest BCUT2D eigenvalue weighted by atomic mass is 16.5. The van der Waals surface area contributed by atoms with Gasteiger partial charge < -0.3 is 19.8 Å². The fourth-order valence-electron chi connectivity index (χ4n) is 5.11. The Morgan fingerprint density at radius 2 is 1.12 bits per heavy atom. The van der Waals surface area contributed by atoms with E-state index in [1.807, 2.05) is 36.4 Å². The predicted octanol–water partition coefficient (Wildman–Crippen LogP) is 5.14. The van der Waals surface area contributed by atoms with Crippen LogP contribution < -0.4 is 9.47 Å². The lowest BCUT2D eigenvalue weighted by Gasteiger charge is -2.46. The number of methoxy groups -OCH3 is 2. The standard InChI is InChI=1S/C28H30N2O4/c1-18(31)30-27(23-6-4-21-14-25(33-2)10-8-19(21)12-23)16-29(32)17-28(30)24-7-5-22-15-26(34-3)11-9-20(22)13-24/h4-15,18,27-28,31-32H,16-17H2,1-3H3. The Kier molecular flexibility index (Phi) is 6.15. The van der Waals surface area contributed by atoms with Crippen LogP contribution in [0.25, 0.3) is 21.5 Å². The van der Waals surface area contributed by atoms with Crippen LogP contribution in [0.1, 0.15) is 30.1 Å². The first-order valence-electron chi connectivity index (χ1n) is 11.5. The zero-order valence-electron chi connectivity index (χ0n) is 19.7. The highest BCUT2D eigenvalue weighted by Crippen LogP contribution is 2.39. The lowest BCUT2D eigenvalue weighted by atomic mass is 9.93. The van der Waals surface area contributed by atoms with E-state index in [4.69, 9.17) is 9.47 Å². The molecule has 1 fully saturated rings. The van der Waals surface area contributed by atoms with Crippen LogP contribution in [0.15, 0.2) is 72.8 Å².